The lowest BCUT2D eigenvalue weighted by molar-refractivity contribution is 0.102. The summed E-state index contributed by atoms with van der Waals surface area (Å²) in [7, 11) is 0. The Kier molecular flexibility index (Phi) is 6.09. The molecule has 2 heterocycles. The van der Waals surface area contributed by atoms with Crippen molar-refractivity contribution in [2.24, 2.45) is 0 Å². The van der Waals surface area contributed by atoms with Crippen molar-refractivity contribution in [2.75, 3.05) is 5.32 Å². The molecule has 2 aromatic heterocycles. The molecule has 0 saturated heterocycles. The third-order valence-corrected chi connectivity index (χ3v) is 7.20. The van der Waals surface area contributed by atoms with Crippen LogP contribution in [0, 0.1) is 13.8 Å². The average Bonchev–Trinajstić information content (AvgIpc) is 3.30. The highest BCUT2D eigenvalue weighted by molar-refractivity contribution is 7.14. The van der Waals surface area contributed by atoms with Gasteiger partial charge in [-0.3, -0.25) is 10.1 Å². The molecule has 0 aliphatic rings. The van der Waals surface area contributed by atoms with Crippen LogP contribution in [0.5, 0.6) is 0 Å². The number of benzene rings is 3. The molecular weight excluding hydrogens is 485 g/mol. The van der Waals surface area contributed by atoms with Crippen molar-refractivity contribution in [1.82, 2.24) is 9.97 Å². The molecule has 0 bridgehead atoms. The predicted octanol–water partition coefficient (Wildman–Crippen LogP) is 8.20. The van der Waals surface area contributed by atoms with Gasteiger partial charge in [0.2, 0.25) is 0 Å². The van der Waals surface area contributed by atoms with Gasteiger partial charge < -0.3 is 0 Å². The number of halogens is 2. The minimum atomic E-state index is -0.237. The molecule has 0 atom stereocenters. The molecule has 0 aliphatic carbocycles. The SMILES string of the molecule is Cc1ccc(-c2cc(C(=O)Nc3nc(-c4ccc(Cl)c(Cl)c4)cs3)c3ccccc3n2)cc1C. The van der Waals surface area contributed by atoms with Crippen molar-refractivity contribution in [1.29, 1.82) is 0 Å². The van der Waals surface area contributed by atoms with Gasteiger partial charge in [0.1, 0.15) is 0 Å². The molecular formula is C27H19Cl2N3OS. The van der Waals surface area contributed by atoms with Gasteiger partial charge in [0.05, 0.1) is 32.5 Å². The van der Waals surface area contributed by atoms with Crippen LogP contribution < -0.4 is 5.32 Å². The summed E-state index contributed by atoms with van der Waals surface area (Å²) in [4.78, 5) is 22.7. The molecule has 7 heteroatoms. The van der Waals surface area contributed by atoms with E-state index in [1.165, 1.54) is 22.5 Å². The molecule has 0 aliphatic heterocycles. The fourth-order valence-corrected chi connectivity index (χ4v) is 4.71. The minimum absolute atomic E-state index is 0.237. The quantitative estimate of drug-likeness (QED) is 0.268. The first-order valence-electron chi connectivity index (χ1n) is 10.6. The Bertz CT molecular complexity index is 1560. The molecule has 0 unspecified atom stereocenters. The summed E-state index contributed by atoms with van der Waals surface area (Å²) in [5, 5.41) is 7.05. The lowest BCUT2D eigenvalue weighted by atomic mass is 10.0. The van der Waals surface area contributed by atoms with E-state index in [9.17, 15) is 4.79 Å². The monoisotopic (exact) mass is 503 g/mol. The zero-order valence-electron chi connectivity index (χ0n) is 18.4. The highest BCUT2D eigenvalue weighted by Gasteiger charge is 2.16. The van der Waals surface area contributed by atoms with E-state index < -0.39 is 0 Å². The Balaban J connectivity index is 1.50. The van der Waals surface area contributed by atoms with Crippen LogP contribution in [-0.2, 0) is 0 Å². The van der Waals surface area contributed by atoms with Crippen molar-refractivity contribution < 1.29 is 4.79 Å². The molecule has 0 radical (unpaired) electrons. The number of anilines is 1. The maximum Gasteiger partial charge on any atom is 0.258 e. The zero-order chi connectivity index (χ0) is 23.8. The largest absolute Gasteiger partial charge is 0.298 e. The van der Waals surface area contributed by atoms with Crippen LogP contribution in [0.1, 0.15) is 21.5 Å². The number of carbonyl (C=O) groups excluding carboxylic acids is 1. The first kappa shape index (κ1) is 22.5. The molecule has 3 aromatic carbocycles. The zero-order valence-corrected chi connectivity index (χ0v) is 20.7. The molecule has 1 N–H and O–H groups in total. The van der Waals surface area contributed by atoms with E-state index in [1.54, 1.807) is 12.1 Å². The molecule has 0 fully saturated rings. The van der Waals surface area contributed by atoms with E-state index in [1.807, 2.05) is 47.8 Å². The third-order valence-electron chi connectivity index (χ3n) is 5.70. The van der Waals surface area contributed by atoms with Gasteiger partial charge in [-0.1, -0.05) is 59.6 Å². The second-order valence-electron chi connectivity index (χ2n) is 7.99. The Morgan fingerprint density at radius 1 is 0.824 bits per heavy atom. The number of para-hydroxylation sites is 1. The maximum atomic E-state index is 13.4. The van der Waals surface area contributed by atoms with E-state index in [-0.39, 0.29) is 5.91 Å². The summed E-state index contributed by atoms with van der Waals surface area (Å²) in [5.74, 6) is -0.237. The van der Waals surface area contributed by atoms with Crippen LogP contribution in [0.4, 0.5) is 5.13 Å². The smallest absolute Gasteiger partial charge is 0.258 e. The van der Waals surface area contributed by atoms with E-state index in [4.69, 9.17) is 28.2 Å². The first-order chi connectivity index (χ1) is 16.4. The number of hydrogen-bond acceptors (Lipinski definition) is 4. The number of thiazole rings is 1. The van der Waals surface area contributed by atoms with Crippen LogP contribution in [0.15, 0.2) is 72.1 Å². The summed E-state index contributed by atoms with van der Waals surface area (Å²) >= 11 is 13.5. The highest BCUT2D eigenvalue weighted by Crippen LogP contribution is 2.31. The van der Waals surface area contributed by atoms with Crippen LogP contribution in [-0.4, -0.2) is 15.9 Å². The number of fused-ring (bicyclic) bond motifs is 1. The predicted molar refractivity (Wildman–Crippen MR) is 142 cm³/mol. The Hall–Kier alpha value is -3.25. The summed E-state index contributed by atoms with van der Waals surface area (Å²) in [6, 6.07) is 21.0. The molecule has 168 valence electrons. The number of rotatable bonds is 4. The van der Waals surface area contributed by atoms with Crippen LogP contribution in [0.2, 0.25) is 10.0 Å². The van der Waals surface area contributed by atoms with E-state index >= 15 is 0 Å². The van der Waals surface area contributed by atoms with Crippen LogP contribution >= 0.6 is 34.5 Å². The number of pyridine rings is 1. The molecule has 34 heavy (non-hydrogen) atoms. The van der Waals surface area contributed by atoms with Gasteiger partial charge >= 0.3 is 0 Å². The molecule has 5 aromatic rings. The van der Waals surface area contributed by atoms with E-state index in [0.717, 1.165) is 27.7 Å². The number of nitrogens with one attached hydrogen (secondary N) is 1. The molecule has 0 saturated carbocycles. The fourth-order valence-electron chi connectivity index (χ4n) is 3.70. The van der Waals surface area contributed by atoms with Crippen LogP contribution in [0.3, 0.4) is 0 Å². The van der Waals surface area contributed by atoms with Crippen molar-refractivity contribution in [2.45, 2.75) is 13.8 Å². The molecule has 0 spiro atoms. The van der Waals surface area contributed by atoms with Gasteiger partial charge in [0, 0.05) is 21.9 Å². The Morgan fingerprint density at radius 3 is 2.38 bits per heavy atom. The van der Waals surface area contributed by atoms with Gasteiger partial charge in [-0.2, -0.15) is 0 Å². The second kappa shape index (κ2) is 9.18. The highest BCUT2D eigenvalue weighted by atomic mass is 35.5. The maximum absolute atomic E-state index is 13.4. The molecule has 4 nitrogen and oxygen atoms in total. The van der Waals surface area contributed by atoms with Gasteiger partial charge in [-0.25, -0.2) is 9.97 Å². The van der Waals surface area contributed by atoms with Crippen molar-refractivity contribution in [3.8, 4) is 22.5 Å². The van der Waals surface area contributed by atoms with Gasteiger partial charge in [-0.05, 0) is 55.3 Å². The standard InChI is InChI=1S/C27H19Cl2N3OS/c1-15-7-8-17(11-16(15)2)24-13-20(19-5-3-4-6-23(19)30-24)26(33)32-27-31-25(14-34-27)18-9-10-21(28)22(29)12-18/h3-14H,1-2H3,(H,31,32,33). The third kappa shape index (κ3) is 4.42. The minimum Gasteiger partial charge on any atom is -0.298 e. The average molecular weight is 504 g/mol. The fraction of sp³-hybridized carbons (Fsp3) is 0.0741. The summed E-state index contributed by atoms with van der Waals surface area (Å²) in [6.07, 6.45) is 0. The van der Waals surface area contributed by atoms with Crippen LogP contribution in [0.25, 0.3) is 33.4 Å². The number of hydrogen-bond donors (Lipinski definition) is 1. The summed E-state index contributed by atoms with van der Waals surface area (Å²) < 4.78 is 0. The van der Waals surface area contributed by atoms with Crippen molar-refractivity contribution in [3.63, 3.8) is 0 Å². The Labute approximate surface area is 211 Å². The number of carbonyl (C=O) groups is 1. The Morgan fingerprint density at radius 2 is 1.59 bits per heavy atom. The normalized spacial score (nSPS) is 11.1. The van der Waals surface area contributed by atoms with E-state index in [0.29, 0.717) is 26.4 Å². The number of aromatic nitrogens is 2. The molecule has 5 rings (SSSR count). The summed E-state index contributed by atoms with van der Waals surface area (Å²) in [6.45, 7) is 4.15. The molecule has 1 amide bonds. The first-order valence-corrected chi connectivity index (χ1v) is 12.2. The number of aryl methyl sites for hydroxylation is 2. The lowest BCUT2D eigenvalue weighted by Gasteiger charge is -2.11. The van der Waals surface area contributed by atoms with Gasteiger partial charge in [0.25, 0.3) is 5.91 Å². The van der Waals surface area contributed by atoms with Crippen molar-refractivity contribution >= 4 is 56.5 Å². The van der Waals surface area contributed by atoms with Gasteiger partial charge in [0.15, 0.2) is 5.13 Å². The van der Waals surface area contributed by atoms with Crippen molar-refractivity contribution in [3.05, 3.63) is 98.8 Å². The van der Waals surface area contributed by atoms with E-state index in [2.05, 4.69) is 36.3 Å². The lowest BCUT2D eigenvalue weighted by Crippen LogP contribution is -2.13. The summed E-state index contributed by atoms with van der Waals surface area (Å²) in [5.41, 5.74) is 6.97. The number of nitrogens with zero attached hydrogens (tertiary/aromatic N) is 2. The topological polar surface area (TPSA) is 54.9 Å². The number of amides is 1. The van der Waals surface area contributed by atoms with Gasteiger partial charge in [-0.15, -0.1) is 11.3 Å². The second-order valence-corrected chi connectivity index (χ2v) is 9.66.